The lowest BCUT2D eigenvalue weighted by Crippen LogP contribution is -2.56. The van der Waals surface area contributed by atoms with Gasteiger partial charge in [-0.1, -0.05) is 51.1 Å². The van der Waals surface area contributed by atoms with E-state index < -0.39 is 5.54 Å². The summed E-state index contributed by atoms with van der Waals surface area (Å²) in [6.07, 6.45) is 1.18. The Hall–Kier alpha value is -0.810. The number of amides is 1. The van der Waals surface area contributed by atoms with Crippen LogP contribution in [-0.4, -0.2) is 48.4 Å². The summed E-state index contributed by atoms with van der Waals surface area (Å²) in [5.74, 6) is 0.0270. The van der Waals surface area contributed by atoms with E-state index in [0.717, 1.165) is 38.3 Å². The number of rotatable bonds is 4. The highest BCUT2D eigenvalue weighted by Gasteiger charge is 2.35. The van der Waals surface area contributed by atoms with Gasteiger partial charge in [0.25, 0.3) is 0 Å². The van der Waals surface area contributed by atoms with Crippen LogP contribution in [0.25, 0.3) is 0 Å². The maximum Gasteiger partial charge on any atom is 0.247 e. The number of benzene rings is 1. The van der Waals surface area contributed by atoms with Crippen molar-refractivity contribution < 1.29 is 4.79 Å². The zero-order valence-electron chi connectivity index (χ0n) is 15.8. The molecule has 1 aliphatic heterocycles. The summed E-state index contributed by atoms with van der Waals surface area (Å²) in [7, 11) is 0. The standard InChI is InChI=1S/C19H31N3O.2ClH/c1-18(2,3)10-11-21-12-14-22(15-13-21)17(23)19(4,20)16-8-6-5-7-9-16;;/h5-9H,10-15,20H2,1-4H3;2*1H. The van der Waals surface area contributed by atoms with Gasteiger partial charge in [-0.05, 0) is 30.9 Å². The van der Waals surface area contributed by atoms with E-state index in [4.69, 9.17) is 5.73 Å². The van der Waals surface area contributed by atoms with Gasteiger partial charge >= 0.3 is 0 Å². The zero-order chi connectivity index (χ0) is 17.1. The van der Waals surface area contributed by atoms with Gasteiger partial charge in [-0.15, -0.1) is 24.8 Å². The maximum absolute atomic E-state index is 12.8. The van der Waals surface area contributed by atoms with Gasteiger partial charge in [-0.25, -0.2) is 0 Å². The maximum atomic E-state index is 12.8. The molecular formula is C19H33Cl2N3O. The van der Waals surface area contributed by atoms with Crippen molar-refractivity contribution in [2.75, 3.05) is 32.7 Å². The highest BCUT2D eigenvalue weighted by atomic mass is 35.5. The summed E-state index contributed by atoms with van der Waals surface area (Å²) >= 11 is 0. The second-order valence-electron chi connectivity index (χ2n) is 8.01. The van der Waals surface area contributed by atoms with Gasteiger partial charge in [-0.2, -0.15) is 0 Å². The van der Waals surface area contributed by atoms with Gasteiger partial charge in [0, 0.05) is 26.2 Å². The minimum Gasteiger partial charge on any atom is -0.338 e. The second kappa shape index (κ2) is 9.77. The van der Waals surface area contributed by atoms with E-state index in [0.29, 0.717) is 5.41 Å². The first-order valence-electron chi connectivity index (χ1n) is 8.56. The molecule has 1 aliphatic rings. The number of carbonyl (C=O) groups is 1. The molecule has 1 aromatic carbocycles. The van der Waals surface area contributed by atoms with Crippen LogP contribution in [0.5, 0.6) is 0 Å². The predicted octanol–water partition coefficient (Wildman–Crippen LogP) is 3.28. The molecule has 1 saturated heterocycles. The second-order valence-corrected chi connectivity index (χ2v) is 8.01. The third kappa shape index (κ3) is 6.78. The summed E-state index contributed by atoms with van der Waals surface area (Å²) in [5, 5.41) is 0. The summed E-state index contributed by atoms with van der Waals surface area (Å²) in [4.78, 5) is 17.2. The predicted molar refractivity (Wildman–Crippen MR) is 110 cm³/mol. The number of hydrogen-bond acceptors (Lipinski definition) is 3. The van der Waals surface area contributed by atoms with Crippen LogP contribution in [0.4, 0.5) is 0 Å². The SMILES string of the molecule is CC(C)(C)CCN1CCN(C(=O)C(C)(N)c2ccccc2)CC1.Cl.Cl. The Labute approximate surface area is 164 Å². The Balaban J connectivity index is 0.00000288. The average Bonchev–Trinajstić information content (AvgIpc) is 2.53. The molecule has 25 heavy (non-hydrogen) atoms. The molecule has 2 rings (SSSR count). The zero-order valence-corrected chi connectivity index (χ0v) is 17.5. The fourth-order valence-corrected chi connectivity index (χ4v) is 2.90. The van der Waals surface area contributed by atoms with Gasteiger partial charge < -0.3 is 10.6 Å². The average molecular weight is 390 g/mol. The summed E-state index contributed by atoms with van der Waals surface area (Å²) in [6.45, 7) is 13.1. The van der Waals surface area contributed by atoms with E-state index in [2.05, 4.69) is 25.7 Å². The van der Waals surface area contributed by atoms with E-state index in [1.54, 1.807) is 0 Å². The van der Waals surface area contributed by atoms with E-state index in [9.17, 15) is 4.79 Å². The molecule has 0 aliphatic carbocycles. The van der Waals surface area contributed by atoms with Gasteiger partial charge in [0.15, 0.2) is 0 Å². The number of carbonyl (C=O) groups excluding carboxylic acids is 1. The highest BCUT2D eigenvalue weighted by Crippen LogP contribution is 2.22. The van der Waals surface area contributed by atoms with Crippen LogP contribution >= 0.6 is 24.8 Å². The van der Waals surface area contributed by atoms with Crippen molar-refractivity contribution in [2.24, 2.45) is 11.1 Å². The molecule has 1 fully saturated rings. The first kappa shape index (κ1) is 24.2. The fraction of sp³-hybridized carbons (Fsp3) is 0.632. The lowest BCUT2D eigenvalue weighted by molar-refractivity contribution is -0.138. The van der Waals surface area contributed by atoms with Crippen LogP contribution in [0.2, 0.25) is 0 Å². The molecule has 0 aromatic heterocycles. The van der Waals surface area contributed by atoms with Crippen molar-refractivity contribution in [3.63, 3.8) is 0 Å². The van der Waals surface area contributed by atoms with Crippen molar-refractivity contribution >= 4 is 30.7 Å². The lowest BCUT2D eigenvalue weighted by Gasteiger charge is -2.39. The first-order valence-corrected chi connectivity index (χ1v) is 8.56. The molecule has 0 spiro atoms. The molecule has 0 radical (unpaired) electrons. The number of halogens is 2. The topological polar surface area (TPSA) is 49.6 Å². The van der Waals surface area contributed by atoms with E-state index in [1.807, 2.05) is 42.2 Å². The quantitative estimate of drug-likeness (QED) is 0.859. The number of nitrogens with two attached hydrogens (primary N) is 1. The van der Waals surface area contributed by atoms with Crippen molar-refractivity contribution in [2.45, 2.75) is 39.7 Å². The Kier molecular flexibility index (Phi) is 9.45. The van der Waals surface area contributed by atoms with Crippen LogP contribution in [0.1, 0.15) is 39.7 Å². The lowest BCUT2D eigenvalue weighted by atomic mass is 9.91. The number of hydrogen-bond donors (Lipinski definition) is 1. The fourth-order valence-electron chi connectivity index (χ4n) is 2.90. The largest absolute Gasteiger partial charge is 0.338 e. The van der Waals surface area contributed by atoms with Gasteiger partial charge in [0.05, 0.1) is 0 Å². The highest BCUT2D eigenvalue weighted by molar-refractivity contribution is 5.87. The van der Waals surface area contributed by atoms with Crippen molar-refractivity contribution in [1.82, 2.24) is 9.80 Å². The van der Waals surface area contributed by atoms with Crippen LogP contribution in [0, 0.1) is 5.41 Å². The summed E-state index contributed by atoms with van der Waals surface area (Å²) in [6, 6.07) is 9.66. The smallest absolute Gasteiger partial charge is 0.247 e. The summed E-state index contributed by atoms with van der Waals surface area (Å²) < 4.78 is 0. The van der Waals surface area contributed by atoms with Gasteiger partial charge in [-0.3, -0.25) is 9.69 Å². The van der Waals surface area contributed by atoms with Crippen molar-refractivity contribution in [3.8, 4) is 0 Å². The molecule has 1 amide bonds. The van der Waals surface area contributed by atoms with Crippen molar-refractivity contribution in [1.29, 1.82) is 0 Å². The molecular weight excluding hydrogens is 357 g/mol. The van der Waals surface area contributed by atoms with Crippen LogP contribution in [-0.2, 0) is 10.3 Å². The van der Waals surface area contributed by atoms with E-state index >= 15 is 0 Å². The summed E-state index contributed by atoms with van der Waals surface area (Å²) in [5.41, 5.74) is 6.64. The molecule has 1 aromatic rings. The molecule has 1 atom stereocenters. The monoisotopic (exact) mass is 389 g/mol. The molecule has 4 nitrogen and oxygen atoms in total. The first-order chi connectivity index (χ1) is 10.7. The number of nitrogens with zero attached hydrogens (tertiary/aromatic N) is 2. The Morgan fingerprint density at radius 1 is 1.00 bits per heavy atom. The Morgan fingerprint density at radius 3 is 2.00 bits per heavy atom. The van der Waals surface area contributed by atoms with E-state index in [-0.39, 0.29) is 30.7 Å². The third-order valence-electron chi connectivity index (χ3n) is 4.66. The molecule has 1 heterocycles. The normalized spacial score (nSPS) is 17.9. The number of piperazine rings is 1. The molecule has 6 heteroatoms. The Bertz CT molecular complexity index is 521. The van der Waals surface area contributed by atoms with Gasteiger partial charge in [0.1, 0.15) is 5.54 Å². The van der Waals surface area contributed by atoms with Crippen LogP contribution in [0.3, 0.4) is 0 Å². The van der Waals surface area contributed by atoms with Crippen LogP contribution in [0.15, 0.2) is 30.3 Å². The third-order valence-corrected chi connectivity index (χ3v) is 4.66. The van der Waals surface area contributed by atoms with E-state index in [1.165, 1.54) is 6.42 Å². The molecule has 2 N–H and O–H groups in total. The minimum absolute atomic E-state index is 0. The Morgan fingerprint density at radius 2 is 1.52 bits per heavy atom. The molecule has 0 saturated carbocycles. The van der Waals surface area contributed by atoms with Crippen LogP contribution < -0.4 is 5.73 Å². The van der Waals surface area contributed by atoms with Crippen molar-refractivity contribution in [3.05, 3.63) is 35.9 Å². The minimum atomic E-state index is -0.950. The molecule has 1 unspecified atom stereocenters. The molecule has 0 bridgehead atoms. The molecule has 144 valence electrons. The van der Waals surface area contributed by atoms with Gasteiger partial charge in [0.2, 0.25) is 5.91 Å².